The Balaban J connectivity index is 2.26. The van der Waals surface area contributed by atoms with E-state index in [1.807, 2.05) is 42.5 Å². The first-order chi connectivity index (χ1) is 8.25. The lowest BCUT2D eigenvalue weighted by molar-refractivity contribution is 0.276. The fourth-order valence-corrected chi connectivity index (χ4v) is 2.62. The van der Waals surface area contributed by atoms with Crippen molar-refractivity contribution in [2.24, 2.45) is 0 Å². The third-order valence-electron chi connectivity index (χ3n) is 2.93. The van der Waals surface area contributed by atoms with Crippen molar-refractivity contribution in [2.75, 3.05) is 0 Å². The highest BCUT2D eigenvalue weighted by molar-refractivity contribution is 7.67. The fraction of sp³-hybridized carbons (Fsp3) is 0.0769. The Hall–Kier alpha value is -1.65. The summed E-state index contributed by atoms with van der Waals surface area (Å²) >= 11 is 0. The van der Waals surface area contributed by atoms with Crippen molar-refractivity contribution in [2.45, 2.75) is 6.10 Å². The molecule has 1 aliphatic carbocycles. The second kappa shape index (κ2) is 3.98. The van der Waals surface area contributed by atoms with Crippen molar-refractivity contribution in [3.63, 3.8) is 0 Å². The van der Waals surface area contributed by atoms with Crippen LogP contribution in [-0.2, 0) is 15.2 Å². The average Bonchev–Trinajstić information content (AvgIpc) is 2.33. The quantitative estimate of drug-likeness (QED) is 0.828. The molecule has 0 aromatic heterocycles. The highest BCUT2D eigenvalue weighted by Gasteiger charge is 2.18. The Kier molecular flexibility index (Phi) is 2.46. The van der Waals surface area contributed by atoms with Crippen LogP contribution in [0, 0.1) is 0 Å². The first-order valence-corrected chi connectivity index (χ1v) is 6.36. The zero-order valence-corrected chi connectivity index (χ0v) is 9.76. The van der Waals surface area contributed by atoms with Gasteiger partial charge in [-0.15, -0.1) is 0 Å². The topological polar surface area (TPSA) is 43.4 Å². The molecule has 0 saturated heterocycles. The molecule has 2 aromatic carbocycles. The summed E-state index contributed by atoms with van der Waals surface area (Å²) in [6, 6.07) is 11.8. The Morgan fingerprint density at radius 2 is 1.82 bits per heavy atom. The van der Waals surface area contributed by atoms with Gasteiger partial charge in [-0.2, -0.15) is 0 Å². The lowest BCUT2D eigenvalue weighted by Gasteiger charge is -2.18. The second-order valence-corrected chi connectivity index (χ2v) is 4.56. The molecule has 3 rings (SSSR count). The maximum absolute atomic E-state index is 10.7. The molecule has 0 saturated carbocycles. The van der Waals surface area contributed by atoms with Gasteiger partial charge in [0.2, 0.25) is 0 Å². The molecule has 4 heteroatoms. The van der Waals surface area contributed by atoms with Crippen LogP contribution in [0.4, 0.5) is 0 Å². The van der Waals surface area contributed by atoms with E-state index in [1.54, 1.807) is 6.08 Å². The molecule has 0 heterocycles. The van der Waals surface area contributed by atoms with E-state index in [-0.39, 0.29) is 0 Å². The van der Waals surface area contributed by atoms with E-state index in [0.29, 0.717) is 0 Å². The van der Waals surface area contributed by atoms with Crippen molar-refractivity contribution in [3.05, 3.63) is 53.6 Å². The van der Waals surface area contributed by atoms with Gasteiger partial charge in [-0.1, -0.05) is 42.5 Å². The normalized spacial score (nSPS) is 17.8. The van der Waals surface area contributed by atoms with Gasteiger partial charge in [0.25, 0.3) is 11.0 Å². The van der Waals surface area contributed by atoms with Gasteiger partial charge in [-0.05, 0) is 28.0 Å². The molecule has 1 atom stereocenters. The lowest BCUT2D eigenvalue weighted by Crippen LogP contribution is -2.04. The van der Waals surface area contributed by atoms with Crippen LogP contribution >= 0.6 is 0 Å². The summed E-state index contributed by atoms with van der Waals surface area (Å²) in [5, 5.41) is 2.17. The second-order valence-electron chi connectivity index (χ2n) is 3.90. The minimum Gasteiger partial charge on any atom is -0.260 e. The Bertz CT molecular complexity index is 673. The van der Waals surface area contributed by atoms with Gasteiger partial charge in [0.05, 0.1) is 0 Å². The van der Waals surface area contributed by atoms with Crippen molar-refractivity contribution >= 4 is 27.8 Å². The number of hydrogen-bond donors (Lipinski definition) is 1. The van der Waals surface area contributed by atoms with Crippen LogP contribution in [0.1, 0.15) is 17.2 Å². The third-order valence-corrected chi connectivity index (χ3v) is 3.33. The molecule has 0 radical (unpaired) electrons. The van der Waals surface area contributed by atoms with Crippen LogP contribution in [0.2, 0.25) is 0 Å². The van der Waals surface area contributed by atoms with E-state index >= 15 is 0 Å². The standard InChI is InChI=1S/C13H10O3S/c14-17(15)16-12-8-7-10-4-1-3-9-5-2-6-11(12)13(9)10/h1-8,12,17H. The molecule has 1 aliphatic rings. The van der Waals surface area contributed by atoms with Gasteiger partial charge in [0, 0.05) is 0 Å². The van der Waals surface area contributed by atoms with Gasteiger partial charge in [-0.3, -0.25) is 4.18 Å². The van der Waals surface area contributed by atoms with E-state index in [9.17, 15) is 8.42 Å². The minimum absolute atomic E-state index is 0.505. The zero-order valence-electron chi connectivity index (χ0n) is 8.87. The summed E-state index contributed by atoms with van der Waals surface area (Å²) in [6.07, 6.45) is 3.16. The molecule has 2 aromatic rings. The van der Waals surface area contributed by atoms with Crippen molar-refractivity contribution in [1.29, 1.82) is 0 Å². The highest BCUT2D eigenvalue weighted by atomic mass is 32.2. The fourth-order valence-electron chi connectivity index (χ4n) is 2.26. The number of rotatable bonds is 2. The molecule has 3 nitrogen and oxygen atoms in total. The van der Waals surface area contributed by atoms with Crippen molar-refractivity contribution < 1.29 is 12.6 Å². The molecule has 0 aliphatic heterocycles. The van der Waals surface area contributed by atoms with Gasteiger partial charge in [0.15, 0.2) is 0 Å². The maximum Gasteiger partial charge on any atom is 0.258 e. The summed E-state index contributed by atoms with van der Waals surface area (Å²) in [4.78, 5) is 0. The Morgan fingerprint density at radius 1 is 1.06 bits per heavy atom. The average molecular weight is 246 g/mol. The third kappa shape index (κ3) is 1.75. The monoisotopic (exact) mass is 246 g/mol. The van der Waals surface area contributed by atoms with Crippen LogP contribution in [0.25, 0.3) is 16.8 Å². The van der Waals surface area contributed by atoms with E-state index in [2.05, 4.69) is 0 Å². The molecule has 17 heavy (non-hydrogen) atoms. The molecule has 0 fully saturated rings. The summed E-state index contributed by atoms with van der Waals surface area (Å²) < 4.78 is 26.3. The van der Waals surface area contributed by atoms with Gasteiger partial charge in [-0.25, -0.2) is 8.42 Å². The predicted molar refractivity (Wildman–Crippen MR) is 67.1 cm³/mol. The molecule has 0 spiro atoms. The van der Waals surface area contributed by atoms with E-state index in [0.717, 1.165) is 21.9 Å². The Labute approximate surface area is 100 Å². The van der Waals surface area contributed by atoms with E-state index in [4.69, 9.17) is 4.18 Å². The SMILES string of the molecule is O=[SH](=O)OC1C=Cc2cccc3cccc1c23. The summed E-state index contributed by atoms with van der Waals surface area (Å²) in [5.41, 5.74) is 2.00. The largest absolute Gasteiger partial charge is 0.260 e. The van der Waals surface area contributed by atoms with Crippen LogP contribution in [0.5, 0.6) is 0 Å². The van der Waals surface area contributed by atoms with Crippen molar-refractivity contribution in [1.82, 2.24) is 0 Å². The number of benzene rings is 2. The highest BCUT2D eigenvalue weighted by Crippen LogP contribution is 2.35. The van der Waals surface area contributed by atoms with Gasteiger partial charge < -0.3 is 0 Å². The lowest BCUT2D eigenvalue weighted by atomic mass is 9.92. The zero-order chi connectivity index (χ0) is 11.8. The number of thiol groups is 1. The van der Waals surface area contributed by atoms with Crippen LogP contribution in [0.15, 0.2) is 42.5 Å². The molecule has 0 bridgehead atoms. The summed E-state index contributed by atoms with van der Waals surface area (Å²) in [6.45, 7) is 0. The summed E-state index contributed by atoms with van der Waals surface area (Å²) in [5.74, 6) is 0. The van der Waals surface area contributed by atoms with E-state index < -0.39 is 17.1 Å². The smallest absolute Gasteiger partial charge is 0.258 e. The molecule has 1 unspecified atom stereocenters. The van der Waals surface area contributed by atoms with Gasteiger partial charge in [0.1, 0.15) is 6.10 Å². The molecule has 0 N–H and O–H groups in total. The summed E-state index contributed by atoms with van der Waals surface area (Å²) in [7, 11) is -2.85. The van der Waals surface area contributed by atoms with Crippen molar-refractivity contribution in [3.8, 4) is 0 Å². The van der Waals surface area contributed by atoms with Crippen LogP contribution < -0.4 is 0 Å². The minimum atomic E-state index is -2.85. The molecular formula is C13H10O3S. The Morgan fingerprint density at radius 3 is 2.59 bits per heavy atom. The first-order valence-electron chi connectivity index (χ1n) is 5.27. The molecule has 0 amide bonds. The van der Waals surface area contributed by atoms with E-state index in [1.165, 1.54) is 0 Å². The van der Waals surface area contributed by atoms with Crippen LogP contribution in [-0.4, -0.2) is 8.42 Å². The number of hydrogen-bond acceptors (Lipinski definition) is 3. The maximum atomic E-state index is 10.7. The van der Waals surface area contributed by atoms with Gasteiger partial charge >= 0.3 is 0 Å². The predicted octanol–water partition coefficient (Wildman–Crippen LogP) is 2.45. The molecular weight excluding hydrogens is 236 g/mol. The first kappa shape index (κ1) is 10.5. The van der Waals surface area contributed by atoms with Crippen LogP contribution in [0.3, 0.4) is 0 Å². The molecule has 86 valence electrons.